The number of hydrogen-bond donors (Lipinski definition) is 2. The van der Waals surface area contributed by atoms with E-state index in [0.717, 1.165) is 13.1 Å². The predicted octanol–water partition coefficient (Wildman–Crippen LogP) is 1.93. The predicted molar refractivity (Wildman–Crippen MR) is 57.9 cm³/mol. The summed E-state index contributed by atoms with van der Waals surface area (Å²) in [6.45, 7) is 2.11. The van der Waals surface area contributed by atoms with Gasteiger partial charge in [0, 0.05) is 11.8 Å². The first-order chi connectivity index (χ1) is 6.81. The van der Waals surface area contributed by atoms with Gasteiger partial charge in [0.1, 0.15) is 5.75 Å². The quantitative estimate of drug-likeness (QED) is 0.749. The smallest absolute Gasteiger partial charge is 0.115 e. The Balaban J connectivity index is 2.14. The molecular weight excluding hydrogens is 198 g/mol. The second kappa shape index (κ2) is 4.20. The summed E-state index contributed by atoms with van der Waals surface area (Å²) in [4.78, 5) is 0. The topological polar surface area (TPSA) is 32.3 Å². The average molecular weight is 212 g/mol. The summed E-state index contributed by atoms with van der Waals surface area (Å²) < 4.78 is 0. The van der Waals surface area contributed by atoms with Gasteiger partial charge < -0.3 is 10.4 Å². The van der Waals surface area contributed by atoms with Crippen LogP contribution in [0, 0.1) is 5.92 Å². The minimum Gasteiger partial charge on any atom is -0.508 e. The van der Waals surface area contributed by atoms with Crippen molar-refractivity contribution in [1.29, 1.82) is 0 Å². The van der Waals surface area contributed by atoms with E-state index in [1.54, 1.807) is 12.1 Å². The van der Waals surface area contributed by atoms with Crippen molar-refractivity contribution in [2.75, 3.05) is 19.0 Å². The highest BCUT2D eigenvalue weighted by Gasteiger charge is 2.27. The molecule has 0 radical (unpaired) electrons. The van der Waals surface area contributed by atoms with E-state index in [4.69, 9.17) is 11.6 Å². The summed E-state index contributed by atoms with van der Waals surface area (Å²) in [5, 5.41) is 12.4. The van der Waals surface area contributed by atoms with E-state index >= 15 is 0 Å². The molecule has 1 aliphatic heterocycles. The third-order valence-corrected chi connectivity index (χ3v) is 3.20. The van der Waals surface area contributed by atoms with Crippen LogP contribution >= 0.6 is 11.6 Å². The molecule has 1 heterocycles. The Bertz CT molecular complexity index is 295. The molecule has 1 fully saturated rings. The van der Waals surface area contributed by atoms with Crippen LogP contribution in [-0.2, 0) is 0 Å². The molecule has 1 unspecified atom stereocenters. The fraction of sp³-hybridized carbons (Fsp3) is 0.455. The van der Waals surface area contributed by atoms with E-state index in [0.29, 0.717) is 23.5 Å². The molecule has 1 aromatic carbocycles. The van der Waals surface area contributed by atoms with Gasteiger partial charge >= 0.3 is 0 Å². The van der Waals surface area contributed by atoms with Crippen molar-refractivity contribution in [2.24, 2.45) is 5.92 Å². The average Bonchev–Trinajstić information content (AvgIpc) is 2.13. The minimum atomic E-state index is 0.314. The third kappa shape index (κ3) is 1.86. The molecule has 1 atom stereocenters. The van der Waals surface area contributed by atoms with Crippen molar-refractivity contribution < 1.29 is 5.11 Å². The fourth-order valence-electron chi connectivity index (χ4n) is 1.80. The number of nitrogens with one attached hydrogen (secondary N) is 1. The molecule has 1 saturated heterocycles. The van der Waals surface area contributed by atoms with Gasteiger partial charge in [0.25, 0.3) is 0 Å². The number of aromatic hydroxyl groups is 1. The van der Waals surface area contributed by atoms with Crippen molar-refractivity contribution in [2.45, 2.75) is 5.92 Å². The monoisotopic (exact) mass is 211 g/mol. The van der Waals surface area contributed by atoms with E-state index in [1.165, 1.54) is 5.56 Å². The largest absolute Gasteiger partial charge is 0.508 e. The Morgan fingerprint density at radius 1 is 1.36 bits per heavy atom. The number of alkyl halides is 1. The lowest BCUT2D eigenvalue weighted by Crippen LogP contribution is -2.45. The summed E-state index contributed by atoms with van der Waals surface area (Å²) in [7, 11) is 0. The summed E-state index contributed by atoms with van der Waals surface area (Å²) in [5.74, 6) is 2.03. The van der Waals surface area contributed by atoms with Gasteiger partial charge in [0.05, 0.1) is 0 Å². The molecule has 2 nitrogen and oxygen atoms in total. The van der Waals surface area contributed by atoms with Gasteiger partial charge in [-0.1, -0.05) is 12.1 Å². The first-order valence-corrected chi connectivity index (χ1v) is 5.40. The molecule has 3 heteroatoms. The summed E-state index contributed by atoms with van der Waals surface area (Å²) in [6, 6.07) is 7.36. The number of phenols is 1. The number of benzene rings is 1. The second-order valence-electron chi connectivity index (χ2n) is 3.77. The van der Waals surface area contributed by atoms with Gasteiger partial charge in [-0.2, -0.15) is 0 Å². The number of phenolic OH excluding ortho intramolecular Hbond substituents is 1. The van der Waals surface area contributed by atoms with E-state index in [1.807, 2.05) is 12.1 Å². The molecule has 0 saturated carbocycles. The van der Waals surface area contributed by atoms with Gasteiger partial charge in [-0.3, -0.25) is 0 Å². The Morgan fingerprint density at radius 3 is 2.43 bits per heavy atom. The molecule has 0 amide bonds. The minimum absolute atomic E-state index is 0.314. The van der Waals surface area contributed by atoms with Crippen molar-refractivity contribution in [1.82, 2.24) is 5.32 Å². The zero-order valence-corrected chi connectivity index (χ0v) is 8.67. The van der Waals surface area contributed by atoms with Gasteiger partial charge in [0.15, 0.2) is 0 Å². The van der Waals surface area contributed by atoms with E-state index < -0.39 is 0 Å². The molecular formula is C11H14ClNO. The van der Waals surface area contributed by atoms with Crippen LogP contribution in [0.1, 0.15) is 11.5 Å². The lowest BCUT2D eigenvalue weighted by Gasteiger charge is -2.34. The van der Waals surface area contributed by atoms with Crippen LogP contribution < -0.4 is 5.32 Å². The van der Waals surface area contributed by atoms with Crippen LogP contribution in [0.2, 0.25) is 0 Å². The normalized spacial score (nSPS) is 18.9. The Labute approximate surface area is 88.9 Å². The van der Waals surface area contributed by atoms with Crippen LogP contribution in [0.5, 0.6) is 5.75 Å². The summed E-state index contributed by atoms with van der Waals surface area (Å²) >= 11 is 5.96. The first-order valence-electron chi connectivity index (χ1n) is 4.87. The lowest BCUT2D eigenvalue weighted by molar-refractivity contribution is 0.305. The molecule has 76 valence electrons. The molecule has 0 spiro atoms. The summed E-state index contributed by atoms with van der Waals surface area (Å²) in [6.07, 6.45) is 0. The molecule has 1 aromatic rings. The Hall–Kier alpha value is -0.730. The molecule has 14 heavy (non-hydrogen) atoms. The molecule has 0 aliphatic carbocycles. The molecule has 0 bridgehead atoms. The maximum Gasteiger partial charge on any atom is 0.115 e. The standard InChI is InChI=1S/C11H14ClNO/c12-5-11(9-6-13-7-9)8-1-3-10(14)4-2-8/h1-4,9,11,13-14H,5-7H2. The number of hydrogen-bond acceptors (Lipinski definition) is 2. The highest BCUT2D eigenvalue weighted by Crippen LogP contribution is 2.29. The van der Waals surface area contributed by atoms with Crippen molar-refractivity contribution in [3.05, 3.63) is 29.8 Å². The van der Waals surface area contributed by atoms with Crippen LogP contribution in [0.3, 0.4) is 0 Å². The number of rotatable bonds is 3. The van der Waals surface area contributed by atoms with Crippen LogP contribution in [-0.4, -0.2) is 24.1 Å². The van der Waals surface area contributed by atoms with Crippen LogP contribution in [0.25, 0.3) is 0 Å². The molecule has 2 N–H and O–H groups in total. The van der Waals surface area contributed by atoms with E-state index in [9.17, 15) is 5.11 Å². The van der Waals surface area contributed by atoms with E-state index in [-0.39, 0.29) is 0 Å². The molecule has 2 rings (SSSR count). The van der Waals surface area contributed by atoms with Crippen LogP contribution in [0.15, 0.2) is 24.3 Å². The maximum atomic E-state index is 9.18. The number of halogens is 1. The SMILES string of the molecule is Oc1ccc(C(CCl)C2CNC2)cc1. The molecule has 1 aliphatic rings. The van der Waals surface area contributed by atoms with Gasteiger partial charge in [0.2, 0.25) is 0 Å². The highest BCUT2D eigenvalue weighted by molar-refractivity contribution is 6.18. The first kappa shape index (κ1) is 9.81. The van der Waals surface area contributed by atoms with Gasteiger partial charge in [-0.25, -0.2) is 0 Å². The maximum absolute atomic E-state index is 9.18. The van der Waals surface area contributed by atoms with Gasteiger partial charge in [-0.15, -0.1) is 11.6 Å². The second-order valence-corrected chi connectivity index (χ2v) is 4.08. The molecule has 0 aromatic heterocycles. The van der Waals surface area contributed by atoms with Crippen LogP contribution in [0.4, 0.5) is 0 Å². The van der Waals surface area contributed by atoms with Crippen molar-refractivity contribution >= 4 is 11.6 Å². The zero-order chi connectivity index (χ0) is 9.97. The third-order valence-electron chi connectivity index (χ3n) is 2.87. The summed E-state index contributed by atoms with van der Waals surface area (Å²) in [5.41, 5.74) is 1.23. The Kier molecular flexibility index (Phi) is 2.94. The van der Waals surface area contributed by atoms with Crippen molar-refractivity contribution in [3.63, 3.8) is 0 Å². The fourth-order valence-corrected chi connectivity index (χ4v) is 2.23. The lowest BCUT2D eigenvalue weighted by atomic mass is 9.83. The van der Waals surface area contributed by atoms with E-state index in [2.05, 4.69) is 5.32 Å². The Morgan fingerprint density at radius 2 is 2.00 bits per heavy atom. The van der Waals surface area contributed by atoms with Gasteiger partial charge in [-0.05, 0) is 36.7 Å². The zero-order valence-electron chi connectivity index (χ0n) is 7.91. The van der Waals surface area contributed by atoms with Crippen molar-refractivity contribution in [3.8, 4) is 5.75 Å². The highest BCUT2D eigenvalue weighted by atomic mass is 35.5.